The second kappa shape index (κ2) is 16.9. The quantitative estimate of drug-likeness (QED) is 0.241. The summed E-state index contributed by atoms with van der Waals surface area (Å²) in [6.07, 6.45) is 7.89. The van der Waals surface area contributed by atoms with E-state index in [1.54, 1.807) is 23.9 Å². The van der Waals surface area contributed by atoms with Gasteiger partial charge in [-0.05, 0) is 51.0 Å². The third-order valence-corrected chi connectivity index (χ3v) is 9.51. The molecule has 0 aromatic heterocycles. The summed E-state index contributed by atoms with van der Waals surface area (Å²) in [4.78, 5) is 84.3. The van der Waals surface area contributed by atoms with E-state index in [1.165, 1.54) is 16.8 Å². The molecule has 0 radical (unpaired) electrons. The number of carboxylic acids is 1. The van der Waals surface area contributed by atoms with Crippen molar-refractivity contribution in [2.75, 3.05) is 47.3 Å². The molecule has 13 nitrogen and oxygen atoms in total. The van der Waals surface area contributed by atoms with Crippen molar-refractivity contribution in [3.8, 4) is 0 Å². The van der Waals surface area contributed by atoms with Crippen molar-refractivity contribution >= 4 is 35.5 Å². The largest absolute Gasteiger partial charge is 0.481 e. The summed E-state index contributed by atoms with van der Waals surface area (Å²) in [6.45, 7) is 5.21. The average Bonchev–Trinajstić information content (AvgIpc) is 3.52. The number of likely N-dealkylation sites (tertiary alicyclic amines) is 2. The predicted octanol–water partition coefficient (Wildman–Crippen LogP) is 1.06. The SMILES string of the molecule is CN[C@@H](CC(C)C)C(=O)N1CC[C@H]1C(=O)N(C)[C@@H](CC1CCCCC1)C(=O)N(C)CC(=O)N[C@@H](CC(=O)O)C(=O)N1CCCC1. The zero-order valence-electron chi connectivity index (χ0n) is 27.8. The van der Waals surface area contributed by atoms with Crippen molar-refractivity contribution in [2.24, 2.45) is 11.8 Å². The van der Waals surface area contributed by atoms with Crippen LogP contribution >= 0.6 is 0 Å². The first kappa shape index (κ1) is 36.3. The van der Waals surface area contributed by atoms with Crippen molar-refractivity contribution in [3.63, 3.8) is 0 Å². The third kappa shape index (κ3) is 9.88. The van der Waals surface area contributed by atoms with Crippen LogP contribution in [0.2, 0.25) is 0 Å². The molecule has 1 aliphatic carbocycles. The molecule has 0 aromatic carbocycles. The second-order valence-corrected chi connectivity index (χ2v) is 13.5. The minimum absolute atomic E-state index is 0.118. The Morgan fingerprint density at radius 2 is 1.51 bits per heavy atom. The van der Waals surface area contributed by atoms with E-state index < -0.39 is 60.8 Å². The minimum atomic E-state index is -1.22. The maximum atomic E-state index is 13.9. The molecule has 2 saturated heterocycles. The summed E-state index contributed by atoms with van der Waals surface area (Å²) in [5.41, 5.74) is 0. The number of carboxylic acid groups (broad SMARTS) is 1. The molecular weight excluding hydrogens is 580 g/mol. The van der Waals surface area contributed by atoms with Crippen molar-refractivity contribution < 1.29 is 33.9 Å². The Morgan fingerprint density at radius 1 is 0.867 bits per heavy atom. The number of hydrogen-bond acceptors (Lipinski definition) is 7. The predicted molar refractivity (Wildman–Crippen MR) is 168 cm³/mol. The summed E-state index contributed by atoms with van der Waals surface area (Å²) in [5, 5.41) is 15.0. The molecule has 0 aromatic rings. The Labute approximate surface area is 267 Å². The number of carbonyl (C=O) groups is 6. The van der Waals surface area contributed by atoms with Gasteiger partial charge in [-0.3, -0.25) is 28.8 Å². The van der Waals surface area contributed by atoms with Crippen LogP contribution in [-0.2, 0) is 28.8 Å². The van der Waals surface area contributed by atoms with Gasteiger partial charge >= 0.3 is 5.97 Å². The van der Waals surface area contributed by atoms with Crippen molar-refractivity contribution in [1.29, 1.82) is 0 Å². The molecule has 1 saturated carbocycles. The molecule has 5 amide bonds. The topological polar surface area (TPSA) is 160 Å². The normalized spacial score (nSPS) is 20.6. The summed E-state index contributed by atoms with van der Waals surface area (Å²) in [5.74, 6) is -2.56. The van der Waals surface area contributed by atoms with Crippen LogP contribution in [0.15, 0.2) is 0 Å². The summed E-state index contributed by atoms with van der Waals surface area (Å²) in [6, 6.07) is -3.09. The van der Waals surface area contributed by atoms with E-state index in [0.29, 0.717) is 44.8 Å². The molecule has 3 rings (SSSR count). The van der Waals surface area contributed by atoms with Crippen LogP contribution in [0, 0.1) is 11.8 Å². The van der Waals surface area contributed by atoms with Gasteiger partial charge < -0.3 is 35.3 Å². The summed E-state index contributed by atoms with van der Waals surface area (Å²) in [7, 11) is 4.82. The summed E-state index contributed by atoms with van der Waals surface area (Å²) >= 11 is 0. The molecular formula is C32H54N6O7. The number of hydrogen-bond donors (Lipinski definition) is 3. The third-order valence-electron chi connectivity index (χ3n) is 9.51. The van der Waals surface area contributed by atoms with Gasteiger partial charge in [-0.15, -0.1) is 0 Å². The average molecular weight is 635 g/mol. The maximum Gasteiger partial charge on any atom is 0.305 e. The maximum absolute atomic E-state index is 13.9. The summed E-state index contributed by atoms with van der Waals surface area (Å²) < 4.78 is 0. The zero-order valence-corrected chi connectivity index (χ0v) is 27.8. The van der Waals surface area contributed by atoms with E-state index in [4.69, 9.17) is 0 Å². The minimum Gasteiger partial charge on any atom is -0.481 e. The molecule has 0 unspecified atom stereocenters. The fourth-order valence-corrected chi connectivity index (χ4v) is 6.79. The molecule has 254 valence electrons. The Morgan fingerprint density at radius 3 is 2.04 bits per heavy atom. The lowest BCUT2D eigenvalue weighted by Crippen LogP contribution is -2.64. The lowest BCUT2D eigenvalue weighted by Gasteiger charge is -2.44. The molecule has 4 atom stereocenters. The fourth-order valence-electron chi connectivity index (χ4n) is 6.79. The Kier molecular flexibility index (Phi) is 13.6. The molecule has 3 fully saturated rings. The van der Waals surface area contributed by atoms with E-state index in [2.05, 4.69) is 10.6 Å². The van der Waals surface area contributed by atoms with Gasteiger partial charge in [-0.2, -0.15) is 0 Å². The van der Waals surface area contributed by atoms with E-state index >= 15 is 0 Å². The molecule has 0 bridgehead atoms. The number of aliphatic carboxylic acids is 1. The molecule has 45 heavy (non-hydrogen) atoms. The lowest BCUT2D eigenvalue weighted by molar-refractivity contribution is -0.157. The van der Waals surface area contributed by atoms with Gasteiger partial charge in [0.05, 0.1) is 19.0 Å². The number of amides is 5. The van der Waals surface area contributed by atoms with Gasteiger partial charge in [-0.1, -0.05) is 46.0 Å². The molecule has 2 aliphatic heterocycles. The van der Waals surface area contributed by atoms with Crippen LogP contribution in [0.5, 0.6) is 0 Å². The number of nitrogens with one attached hydrogen (secondary N) is 2. The fraction of sp³-hybridized carbons (Fsp3) is 0.812. The van der Waals surface area contributed by atoms with E-state index in [1.807, 2.05) is 13.8 Å². The van der Waals surface area contributed by atoms with Crippen LogP contribution in [0.25, 0.3) is 0 Å². The number of carbonyl (C=O) groups excluding carboxylic acids is 5. The van der Waals surface area contributed by atoms with Crippen LogP contribution in [-0.4, -0.2) is 132 Å². The number of rotatable bonds is 15. The molecule has 0 spiro atoms. The second-order valence-electron chi connectivity index (χ2n) is 13.5. The lowest BCUT2D eigenvalue weighted by atomic mass is 9.84. The van der Waals surface area contributed by atoms with E-state index in [-0.39, 0.29) is 17.7 Å². The Hall–Kier alpha value is -3.22. The van der Waals surface area contributed by atoms with E-state index in [9.17, 15) is 33.9 Å². The number of likely N-dealkylation sites (N-methyl/N-ethyl adjacent to an activating group) is 3. The molecule has 2 heterocycles. The Balaban J connectivity index is 1.71. The highest BCUT2D eigenvalue weighted by molar-refractivity contribution is 5.96. The first-order valence-electron chi connectivity index (χ1n) is 16.6. The first-order valence-corrected chi connectivity index (χ1v) is 16.6. The monoisotopic (exact) mass is 634 g/mol. The van der Waals surface area contributed by atoms with Gasteiger partial charge in [0.15, 0.2) is 0 Å². The van der Waals surface area contributed by atoms with E-state index in [0.717, 1.165) is 44.9 Å². The zero-order chi connectivity index (χ0) is 33.3. The standard InChI is InChI=1S/C32H54N6O7/c1-21(2)17-23(33-3)30(43)38-16-13-25(38)32(45)36(5)26(18-22-11-7-6-8-12-22)31(44)35(4)20-27(39)34-24(19-28(40)41)29(42)37-14-9-10-15-37/h21-26,33H,6-20H2,1-5H3,(H,34,39)(H,40,41)/t23-,24-,25-,26-/m0/s1. The van der Waals surface area contributed by atoms with Gasteiger partial charge in [0, 0.05) is 33.7 Å². The smallest absolute Gasteiger partial charge is 0.305 e. The van der Waals surface area contributed by atoms with Crippen molar-refractivity contribution in [3.05, 3.63) is 0 Å². The molecule has 3 N–H and O–H groups in total. The highest BCUT2D eigenvalue weighted by Gasteiger charge is 2.44. The molecule has 13 heteroatoms. The van der Waals surface area contributed by atoms with Crippen LogP contribution in [0.3, 0.4) is 0 Å². The van der Waals surface area contributed by atoms with Crippen LogP contribution in [0.1, 0.15) is 84.5 Å². The van der Waals surface area contributed by atoms with Crippen LogP contribution in [0.4, 0.5) is 0 Å². The van der Waals surface area contributed by atoms with Gasteiger partial charge in [0.25, 0.3) is 0 Å². The van der Waals surface area contributed by atoms with Gasteiger partial charge in [0.1, 0.15) is 18.1 Å². The highest BCUT2D eigenvalue weighted by atomic mass is 16.4. The van der Waals surface area contributed by atoms with Crippen molar-refractivity contribution in [2.45, 2.75) is 109 Å². The Bertz CT molecular complexity index is 1070. The molecule has 3 aliphatic rings. The van der Waals surface area contributed by atoms with Gasteiger partial charge in [0.2, 0.25) is 29.5 Å². The van der Waals surface area contributed by atoms with Crippen molar-refractivity contribution in [1.82, 2.24) is 30.2 Å². The number of nitrogens with zero attached hydrogens (tertiary/aromatic N) is 4. The van der Waals surface area contributed by atoms with Gasteiger partial charge in [-0.25, -0.2) is 0 Å². The van der Waals surface area contributed by atoms with Crippen LogP contribution < -0.4 is 10.6 Å². The highest BCUT2D eigenvalue weighted by Crippen LogP contribution is 2.30. The first-order chi connectivity index (χ1) is 21.3.